The molecule has 8 heteroatoms. The fourth-order valence-electron chi connectivity index (χ4n) is 2.54. The Labute approximate surface area is 145 Å². The second-order valence-corrected chi connectivity index (χ2v) is 5.36. The summed E-state index contributed by atoms with van der Waals surface area (Å²) < 4.78 is 53.2. The molecule has 26 heavy (non-hydrogen) atoms. The van der Waals surface area contributed by atoms with E-state index in [-0.39, 0.29) is 22.6 Å². The number of rotatable bonds is 2. The van der Waals surface area contributed by atoms with Gasteiger partial charge in [-0.15, -0.1) is 0 Å². The van der Waals surface area contributed by atoms with E-state index in [4.69, 9.17) is 5.73 Å². The van der Waals surface area contributed by atoms with E-state index < -0.39 is 17.6 Å². The molecule has 0 amide bonds. The molecule has 3 aromatic rings. The monoisotopic (exact) mass is 358 g/mol. The molecule has 0 spiro atoms. The lowest BCUT2D eigenvalue weighted by atomic mass is 9.97. The first-order valence-corrected chi connectivity index (χ1v) is 7.29. The molecule has 0 saturated heterocycles. The van der Waals surface area contributed by atoms with Gasteiger partial charge in [-0.1, -0.05) is 6.07 Å². The number of hydrogen-bond donors (Lipinski definition) is 1. The predicted molar refractivity (Wildman–Crippen MR) is 87.0 cm³/mol. The summed E-state index contributed by atoms with van der Waals surface area (Å²) in [6.07, 6.45) is -1.81. The van der Waals surface area contributed by atoms with E-state index >= 15 is 0 Å². The Kier molecular flexibility index (Phi) is 4.30. The van der Waals surface area contributed by atoms with Gasteiger partial charge in [0.05, 0.1) is 11.3 Å². The van der Waals surface area contributed by atoms with Gasteiger partial charge in [-0.25, -0.2) is 9.37 Å². The van der Waals surface area contributed by atoms with Crippen LogP contribution in [-0.2, 0) is 6.18 Å². The quantitative estimate of drug-likeness (QED) is 0.688. The zero-order valence-corrected chi connectivity index (χ0v) is 13.0. The topological polar surface area (TPSA) is 75.6 Å². The first kappa shape index (κ1) is 17.4. The minimum Gasteiger partial charge on any atom is -0.383 e. The molecule has 2 aromatic heterocycles. The van der Waals surface area contributed by atoms with Crippen LogP contribution in [0.1, 0.15) is 11.1 Å². The third kappa shape index (κ3) is 3.19. The third-order valence-corrected chi connectivity index (χ3v) is 3.69. The van der Waals surface area contributed by atoms with Crippen molar-refractivity contribution in [1.29, 1.82) is 5.26 Å². The maximum atomic E-state index is 13.3. The Morgan fingerprint density at radius 3 is 2.46 bits per heavy atom. The molecule has 0 fully saturated rings. The Bertz CT molecular complexity index is 1010. The Hall–Kier alpha value is -3.47. The Balaban J connectivity index is 2.29. The van der Waals surface area contributed by atoms with Crippen LogP contribution in [0, 0.1) is 17.1 Å². The normalized spacial score (nSPS) is 11.2. The van der Waals surface area contributed by atoms with Gasteiger partial charge in [0.25, 0.3) is 0 Å². The fraction of sp³-hybridized carbons (Fsp3) is 0.0556. The zero-order chi connectivity index (χ0) is 18.9. The second kappa shape index (κ2) is 6.44. The number of nitriles is 1. The number of anilines is 1. The maximum Gasteiger partial charge on any atom is 0.417 e. The first-order valence-electron chi connectivity index (χ1n) is 7.29. The number of benzene rings is 1. The van der Waals surface area contributed by atoms with Crippen LogP contribution >= 0.6 is 0 Å². The molecule has 0 aliphatic rings. The molecule has 0 atom stereocenters. The lowest BCUT2D eigenvalue weighted by Gasteiger charge is -2.15. The molecular formula is C18H10F4N4. The van der Waals surface area contributed by atoms with Crippen LogP contribution in [0.4, 0.5) is 23.4 Å². The van der Waals surface area contributed by atoms with Gasteiger partial charge in [0.2, 0.25) is 0 Å². The molecule has 2 N–H and O–H groups in total. The summed E-state index contributed by atoms with van der Waals surface area (Å²) in [5.74, 6) is -1.24. The molecule has 130 valence electrons. The lowest BCUT2D eigenvalue weighted by molar-refractivity contribution is -0.137. The molecule has 0 aliphatic carbocycles. The summed E-state index contributed by atoms with van der Waals surface area (Å²) in [7, 11) is 0. The minimum absolute atomic E-state index is 0.0254. The average Bonchev–Trinajstić information content (AvgIpc) is 2.61. The van der Waals surface area contributed by atoms with E-state index in [1.807, 2.05) is 6.07 Å². The number of aromatic nitrogens is 2. The highest BCUT2D eigenvalue weighted by Gasteiger charge is 2.34. The van der Waals surface area contributed by atoms with E-state index in [0.29, 0.717) is 17.2 Å². The number of nitrogens with zero attached hydrogens (tertiary/aromatic N) is 3. The van der Waals surface area contributed by atoms with Gasteiger partial charge >= 0.3 is 6.18 Å². The molecule has 2 heterocycles. The smallest absolute Gasteiger partial charge is 0.383 e. The summed E-state index contributed by atoms with van der Waals surface area (Å²) in [6, 6.07) is 8.76. The summed E-state index contributed by atoms with van der Waals surface area (Å²) in [5, 5.41) is 9.32. The standard InChI is InChI=1S/C18H10F4N4/c19-11-3-4-12(15(6-11)18(20,21)22)16-7-13(10-2-1-5-25-9-10)14(8-23)17(24)26-16/h1-7,9H,(H2,24,26). The molecule has 0 radical (unpaired) electrons. The van der Waals surface area contributed by atoms with Gasteiger partial charge in [0.15, 0.2) is 0 Å². The van der Waals surface area contributed by atoms with Crippen molar-refractivity contribution in [3.05, 3.63) is 65.7 Å². The van der Waals surface area contributed by atoms with Gasteiger partial charge in [-0.2, -0.15) is 18.4 Å². The number of pyridine rings is 2. The highest BCUT2D eigenvalue weighted by atomic mass is 19.4. The van der Waals surface area contributed by atoms with Crippen molar-refractivity contribution in [3.8, 4) is 28.5 Å². The first-order chi connectivity index (χ1) is 12.3. The number of nitrogen functional groups attached to an aromatic ring is 1. The largest absolute Gasteiger partial charge is 0.417 e. The summed E-state index contributed by atoms with van der Waals surface area (Å²) in [4.78, 5) is 7.85. The van der Waals surface area contributed by atoms with E-state index in [2.05, 4.69) is 9.97 Å². The highest BCUT2D eigenvalue weighted by Crippen LogP contribution is 2.39. The highest BCUT2D eigenvalue weighted by molar-refractivity contribution is 5.80. The molecule has 0 aliphatic heterocycles. The van der Waals surface area contributed by atoms with Crippen molar-refractivity contribution in [2.24, 2.45) is 0 Å². The van der Waals surface area contributed by atoms with Crippen LogP contribution in [0.15, 0.2) is 48.8 Å². The van der Waals surface area contributed by atoms with Gasteiger partial charge in [-0.05, 0) is 30.3 Å². The summed E-state index contributed by atoms with van der Waals surface area (Å²) in [6.45, 7) is 0. The van der Waals surface area contributed by atoms with Crippen molar-refractivity contribution < 1.29 is 17.6 Å². The van der Waals surface area contributed by atoms with Crippen molar-refractivity contribution in [1.82, 2.24) is 9.97 Å². The van der Waals surface area contributed by atoms with Crippen LogP contribution in [0.3, 0.4) is 0 Å². The fourth-order valence-corrected chi connectivity index (χ4v) is 2.54. The molecule has 0 bridgehead atoms. The number of hydrogen-bond acceptors (Lipinski definition) is 4. The van der Waals surface area contributed by atoms with E-state index in [0.717, 1.165) is 12.1 Å². The molecule has 0 unspecified atom stereocenters. The van der Waals surface area contributed by atoms with Gasteiger partial charge < -0.3 is 5.73 Å². The zero-order valence-electron chi connectivity index (χ0n) is 13.0. The van der Waals surface area contributed by atoms with Gasteiger partial charge in [0, 0.05) is 29.1 Å². The van der Waals surface area contributed by atoms with E-state index in [1.54, 1.807) is 12.1 Å². The van der Waals surface area contributed by atoms with Crippen LogP contribution in [0.2, 0.25) is 0 Å². The number of alkyl halides is 3. The predicted octanol–water partition coefficient (Wildman–Crippen LogP) is 4.42. The van der Waals surface area contributed by atoms with Crippen LogP contribution in [0.25, 0.3) is 22.4 Å². The van der Waals surface area contributed by atoms with Gasteiger partial charge in [-0.3, -0.25) is 4.98 Å². The van der Waals surface area contributed by atoms with Crippen molar-refractivity contribution in [3.63, 3.8) is 0 Å². The lowest BCUT2D eigenvalue weighted by Crippen LogP contribution is -2.09. The van der Waals surface area contributed by atoms with Gasteiger partial charge in [0.1, 0.15) is 23.3 Å². The molecule has 1 aromatic carbocycles. The van der Waals surface area contributed by atoms with Crippen molar-refractivity contribution in [2.45, 2.75) is 6.18 Å². The third-order valence-electron chi connectivity index (χ3n) is 3.69. The van der Waals surface area contributed by atoms with E-state index in [9.17, 15) is 22.8 Å². The Morgan fingerprint density at radius 1 is 1.08 bits per heavy atom. The number of halogens is 4. The number of nitrogens with two attached hydrogens (primary N) is 1. The molecule has 0 saturated carbocycles. The molecular weight excluding hydrogens is 348 g/mol. The minimum atomic E-state index is -4.78. The second-order valence-electron chi connectivity index (χ2n) is 5.36. The maximum absolute atomic E-state index is 13.3. The van der Waals surface area contributed by atoms with Crippen LogP contribution < -0.4 is 5.73 Å². The summed E-state index contributed by atoms with van der Waals surface area (Å²) >= 11 is 0. The van der Waals surface area contributed by atoms with Crippen LogP contribution in [-0.4, -0.2) is 9.97 Å². The molecule has 3 rings (SSSR count). The van der Waals surface area contributed by atoms with Crippen LogP contribution in [0.5, 0.6) is 0 Å². The Morgan fingerprint density at radius 2 is 1.85 bits per heavy atom. The van der Waals surface area contributed by atoms with E-state index in [1.165, 1.54) is 18.5 Å². The van der Waals surface area contributed by atoms with Crippen molar-refractivity contribution in [2.75, 3.05) is 5.73 Å². The molecule has 4 nitrogen and oxygen atoms in total. The summed E-state index contributed by atoms with van der Waals surface area (Å²) in [5.41, 5.74) is 4.97. The SMILES string of the molecule is N#Cc1c(-c2cccnc2)cc(-c2ccc(F)cc2C(F)(F)F)nc1N. The average molecular weight is 358 g/mol. The van der Waals surface area contributed by atoms with Crippen molar-refractivity contribution >= 4 is 5.82 Å².